The second-order valence-electron chi connectivity index (χ2n) is 7.17. The number of hydrogen-bond donors (Lipinski definition) is 2. The summed E-state index contributed by atoms with van der Waals surface area (Å²) in [7, 11) is 0. The van der Waals surface area contributed by atoms with Crippen LogP contribution in [0.3, 0.4) is 0 Å². The molecule has 1 aliphatic carbocycles. The van der Waals surface area contributed by atoms with Crippen molar-refractivity contribution in [1.82, 2.24) is 0 Å². The van der Waals surface area contributed by atoms with Crippen molar-refractivity contribution >= 4 is 17.7 Å². The van der Waals surface area contributed by atoms with Crippen LogP contribution < -0.4 is 5.32 Å². The second-order valence-corrected chi connectivity index (χ2v) is 7.17. The Bertz CT molecular complexity index is 1040. The molecule has 0 saturated carbocycles. The van der Waals surface area contributed by atoms with Crippen LogP contribution in [0.1, 0.15) is 28.2 Å². The summed E-state index contributed by atoms with van der Waals surface area (Å²) >= 11 is 0. The van der Waals surface area contributed by atoms with E-state index in [1.807, 2.05) is 31.2 Å². The lowest BCUT2D eigenvalue weighted by atomic mass is 9.98. The summed E-state index contributed by atoms with van der Waals surface area (Å²) in [5, 5.41) is 11.7. The van der Waals surface area contributed by atoms with Crippen LogP contribution in [0.2, 0.25) is 0 Å². The Kier molecular flexibility index (Phi) is 5.04. The molecule has 0 bridgehead atoms. The summed E-state index contributed by atoms with van der Waals surface area (Å²) in [6.07, 6.45) is -0.651. The van der Waals surface area contributed by atoms with Crippen LogP contribution in [-0.2, 0) is 16.0 Å². The molecule has 0 saturated heterocycles. The predicted molar refractivity (Wildman–Crippen MR) is 111 cm³/mol. The number of ether oxygens (including phenoxy) is 1. The number of rotatable bonds is 5. The topological polar surface area (TPSA) is 75.6 Å². The van der Waals surface area contributed by atoms with E-state index in [1.54, 1.807) is 18.2 Å². The normalized spacial score (nSPS) is 12.2. The van der Waals surface area contributed by atoms with Gasteiger partial charge >= 0.3 is 12.1 Å². The Hall–Kier alpha value is -3.60. The van der Waals surface area contributed by atoms with Gasteiger partial charge in [-0.3, -0.25) is 10.1 Å². The van der Waals surface area contributed by atoms with Crippen molar-refractivity contribution < 1.29 is 19.4 Å². The first-order chi connectivity index (χ1) is 14.0. The minimum Gasteiger partial charge on any atom is -0.481 e. The zero-order valence-corrected chi connectivity index (χ0v) is 16.0. The molecule has 0 aliphatic heterocycles. The van der Waals surface area contributed by atoms with Gasteiger partial charge < -0.3 is 9.84 Å². The van der Waals surface area contributed by atoms with E-state index in [0.29, 0.717) is 11.3 Å². The maximum Gasteiger partial charge on any atom is 0.411 e. The zero-order chi connectivity index (χ0) is 20.4. The summed E-state index contributed by atoms with van der Waals surface area (Å²) < 4.78 is 5.55. The lowest BCUT2D eigenvalue weighted by Crippen LogP contribution is -2.18. The van der Waals surface area contributed by atoms with Crippen molar-refractivity contribution in [2.45, 2.75) is 19.3 Å². The maximum absolute atomic E-state index is 12.4. The van der Waals surface area contributed by atoms with Gasteiger partial charge in [-0.2, -0.15) is 0 Å². The van der Waals surface area contributed by atoms with E-state index in [9.17, 15) is 9.59 Å². The second kappa shape index (κ2) is 7.80. The van der Waals surface area contributed by atoms with Crippen molar-refractivity contribution in [3.63, 3.8) is 0 Å². The molecule has 0 aromatic heterocycles. The van der Waals surface area contributed by atoms with Crippen molar-refractivity contribution in [2.75, 3.05) is 11.9 Å². The molecule has 3 aromatic carbocycles. The van der Waals surface area contributed by atoms with Crippen LogP contribution in [-0.4, -0.2) is 23.8 Å². The number of carbonyl (C=O) groups excluding carboxylic acids is 1. The Morgan fingerprint density at radius 2 is 1.59 bits per heavy atom. The van der Waals surface area contributed by atoms with Gasteiger partial charge in [0.15, 0.2) is 0 Å². The third-order valence-electron chi connectivity index (χ3n) is 5.24. The molecule has 5 heteroatoms. The first-order valence-corrected chi connectivity index (χ1v) is 9.46. The molecule has 0 radical (unpaired) electrons. The van der Waals surface area contributed by atoms with Gasteiger partial charge in [0.05, 0.1) is 6.42 Å². The summed E-state index contributed by atoms with van der Waals surface area (Å²) in [5.41, 5.74) is 6.68. The fourth-order valence-electron chi connectivity index (χ4n) is 3.83. The van der Waals surface area contributed by atoms with Gasteiger partial charge in [-0.25, -0.2) is 4.79 Å². The Morgan fingerprint density at radius 3 is 2.21 bits per heavy atom. The average Bonchev–Trinajstić information content (AvgIpc) is 3.02. The fraction of sp³-hybridized carbons (Fsp3) is 0.167. The van der Waals surface area contributed by atoms with Gasteiger partial charge in [0, 0.05) is 11.6 Å². The molecule has 3 aromatic rings. The summed E-state index contributed by atoms with van der Waals surface area (Å²) in [5.74, 6) is -0.923. The van der Waals surface area contributed by atoms with Crippen LogP contribution in [0.5, 0.6) is 0 Å². The molecule has 1 aliphatic rings. The van der Waals surface area contributed by atoms with Gasteiger partial charge in [-0.05, 0) is 46.4 Å². The van der Waals surface area contributed by atoms with Crippen molar-refractivity contribution in [2.24, 2.45) is 0 Å². The molecule has 1 amide bonds. The molecule has 0 unspecified atom stereocenters. The first kappa shape index (κ1) is 18.7. The SMILES string of the molecule is Cc1ccc(CC(=O)O)cc1NC(=O)OCC1c2ccccc2-c2ccccc21. The number of anilines is 1. The fourth-order valence-corrected chi connectivity index (χ4v) is 3.83. The quantitative estimate of drug-likeness (QED) is 0.647. The smallest absolute Gasteiger partial charge is 0.411 e. The number of amides is 1. The molecule has 0 heterocycles. The molecule has 5 nitrogen and oxygen atoms in total. The molecule has 0 fully saturated rings. The highest BCUT2D eigenvalue weighted by atomic mass is 16.5. The third kappa shape index (κ3) is 3.85. The monoisotopic (exact) mass is 387 g/mol. The lowest BCUT2D eigenvalue weighted by molar-refractivity contribution is -0.136. The number of nitrogens with one attached hydrogen (secondary N) is 1. The average molecular weight is 387 g/mol. The minimum atomic E-state index is -0.916. The standard InChI is InChI=1S/C24H21NO4/c1-15-10-11-16(13-23(26)27)12-22(15)25-24(28)29-14-21-19-8-4-2-6-17(19)18-7-3-5-9-20(18)21/h2-12,21H,13-14H2,1H3,(H,25,28)(H,26,27). The van der Waals surface area contributed by atoms with Gasteiger partial charge in [-0.15, -0.1) is 0 Å². The summed E-state index contributed by atoms with van der Waals surface area (Å²) in [4.78, 5) is 23.4. The Morgan fingerprint density at radius 1 is 0.966 bits per heavy atom. The van der Waals surface area contributed by atoms with E-state index in [1.165, 1.54) is 11.1 Å². The maximum atomic E-state index is 12.4. The largest absolute Gasteiger partial charge is 0.481 e. The van der Waals surface area contributed by atoms with Crippen molar-refractivity contribution in [3.05, 3.63) is 89.0 Å². The molecule has 29 heavy (non-hydrogen) atoms. The Balaban J connectivity index is 1.48. The number of carboxylic acid groups (broad SMARTS) is 1. The number of aliphatic carboxylic acids is 1. The number of fused-ring (bicyclic) bond motifs is 3. The highest BCUT2D eigenvalue weighted by Gasteiger charge is 2.29. The zero-order valence-electron chi connectivity index (χ0n) is 16.0. The van der Waals surface area contributed by atoms with E-state index < -0.39 is 12.1 Å². The van der Waals surface area contributed by atoms with Crippen molar-refractivity contribution in [1.29, 1.82) is 0 Å². The highest BCUT2D eigenvalue weighted by molar-refractivity contribution is 5.86. The minimum absolute atomic E-state index is 0.00686. The van der Waals surface area contributed by atoms with Crippen molar-refractivity contribution in [3.8, 4) is 11.1 Å². The number of benzene rings is 3. The number of carbonyl (C=O) groups is 2. The van der Waals surface area contributed by atoms with Gasteiger partial charge in [0.25, 0.3) is 0 Å². The van der Waals surface area contributed by atoms with E-state index >= 15 is 0 Å². The van der Waals surface area contributed by atoms with Crippen LogP contribution in [0.4, 0.5) is 10.5 Å². The Labute approximate surface area is 169 Å². The van der Waals surface area contributed by atoms with Crippen LogP contribution >= 0.6 is 0 Å². The third-order valence-corrected chi connectivity index (χ3v) is 5.24. The lowest BCUT2D eigenvalue weighted by Gasteiger charge is -2.15. The van der Waals surface area contributed by atoms with E-state index in [-0.39, 0.29) is 18.9 Å². The molecular formula is C24H21NO4. The van der Waals surface area contributed by atoms with E-state index in [0.717, 1.165) is 16.7 Å². The molecular weight excluding hydrogens is 366 g/mol. The highest BCUT2D eigenvalue weighted by Crippen LogP contribution is 2.44. The molecule has 0 atom stereocenters. The van der Waals surface area contributed by atoms with Crippen LogP contribution in [0.15, 0.2) is 66.7 Å². The van der Waals surface area contributed by atoms with Gasteiger partial charge in [-0.1, -0.05) is 60.7 Å². The van der Waals surface area contributed by atoms with E-state index in [4.69, 9.17) is 9.84 Å². The number of aryl methyl sites for hydroxylation is 1. The van der Waals surface area contributed by atoms with Crippen LogP contribution in [0.25, 0.3) is 11.1 Å². The molecule has 2 N–H and O–H groups in total. The molecule has 146 valence electrons. The van der Waals surface area contributed by atoms with Gasteiger partial charge in [0.2, 0.25) is 0 Å². The number of hydrogen-bond acceptors (Lipinski definition) is 3. The summed E-state index contributed by atoms with van der Waals surface area (Å²) in [6, 6.07) is 21.5. The van der Waals surface area contributed by atoms with Crippen LogP contribution in [0, 0.1) is 6.92 Å². The summed E-state index contributed by atoms with van der Waals surface area (Å²) in [6.45, 7) is 2.08. The van der Waals surface area contributed by atoms with Gasteiger partial charge in [0.1, 0.15) is 6.61 Å². The van der Waals surface area contributed by atoms with E-state index in [2.05, 4.69) is 29.6 Å². The molecule has 0 spiro atoms. The predicted octanol–water partition coefficient (Wildman–Crippen LogP) is 4.98. The number of carboxylic acids is 1. The molecule has 4 rings (SSSR count). The first-order valence-electron chi connectivity index (χ1n) is 9.46.